The molecule has 1 aromatic carbocycles. The van der Waals surface area contributed by atoms with Gasteiger partial charge in [0.2, 0.25) is 11.8 Å². The van der Waals surface area contributed by atoms with Gasteiger partial charge in [-0.3, -0.25) is 14.6 Å². The molecule has 0 bridgehead atoms. The standard InChI is InChI=1S/C19H25N3O5S/c1-12-7-17(14-5-3-4-6-15(14)20-12)28-8-16(21-13(2)26)18(27)22-19(9-23,10-24)11-25/h3-7,16,23-25H,8-11H2,1-2H3,(H,21,26)(H,22,27)/t16-/m0/s1. The number of hydrogen-bond acceptors (Lipinski definition) is 7. The van der Waals surface area contributed by atoms with Crippen molar-refractivity contribution in [3.63, 3.8) is 0 Å². The van der Waals surface area contributed by atoms with Gasteiger partial charge >= 0.3 is 0 Å². The van der Waals surface area contributed by atoms with Crippen molar-refractivity contribution in [1.29, 1.82) is 0 Å². The van der Waals surface area contributed by atoms with Gasteiger partial charge in [0.25, 0.3) is 0 Å². The van der Waals surface area contributed by atoms with E-state index in [1.807, 2.05) is 37.3 Å². The number of nitrogens with one attached hydrogen (secondary N) is 2. The van der Waals surface area contributed by atoms with Gasteiger partial charge in [0.05, 0.1) is 25.3 Å². The van der Waals surface area contributed by atoms with E-state index in [1.165, 1.54) is 18.7 Å². The fourth-order valence-electron chi connectivity index (χ4n) is 2.61. The van der Waals surface area contributed by atoms with E-state index in [2.05, 4.69) is 15.6 Å². The Kier molecular flexibility index (Phi) is 7.76. The maximum atomic E-state index is 12.6. The van der Waals surface area contributed by atoms with Crippen LogP contribution < -0.4 is 10.6 Å². The minimum absolute atomic E-state index is 0.219. The zero-order chi connectivity index (χ0) is 20.7. The number of benzene rings is 1. The Hall–Kier alpha value is -2.20. The number of rotatable bonds is 9. The second-order valence-electron chi connectivity index (χ2n) is 6.59. The minimum atomic E-state index is -1.56. The Balaban J connectivity index is 2.21. The van der Waals surface area contributed by atoms with Gasteiger partial charge < -0.3 is 26.0 Å². The van der Waals surface area contributed by atoms with E-state index < -0.39 is 37.3 Å². The van der Waals surface area contributed by atoms with Crippen molar-refractivity contribution in [3.8, 4) is 0 Å². The van der Waals surface area contributed by atoms with Gasteiger partial charge in [0.1, 0.15) is 11.6 Å². The number of hydrogen-bond donors (Lipinski definition) is 5. The number of carbonyl (C=O) groups is 2. The lowest BCUT2D eigenvalue weighted by atomic mass is 10.0. The minimum Gasteiger partial charge on any atom is -0.394 e. The Morgan fingerprint density at radius 2 is 1.82 bits per heavy atom. The Labute approximate surface area is 167 Å². The summed E-state index contributed by atoms with van der Waals surface area (Å²) < 4.78 is 0. The van der Waals surface area contributed by atoms with Gasteiger partial charge in [-0.2, -0.15) is 0 Å². The van der Waals surface area contributed by atoms with Crippen LogP contribution in [0, 0.1) is 6.92 Å². The molecule has 0 aliphatic heterocycles. The van der Waals surface area contributed by atoms with E-state index in [-0.39, 0.29) is 11.7 Å². The number of aromatic nitrogens is 1. The van der Waals surface area contributed by atoms with Crippen LogP contribution in [-0.2, 0) is 9.59 Å². The zero-order valence-corrected chi connectivity index (χ0v) is 16.6. The normalized spacial score (nSPS) is 12.6. The van der Waals surface area contributed by atoms with Crippen LogP contribution in [0.1, 0.15) is 12.6 Å². The second-order valence-corrected chi connectivity index (χ2v) is 7.65. The summed E-state index contributed by atoms with van der Waals surface area (Å²) in [6.45, 7) is 1.26. The molecule has 1 aromatic heterocycles. The van der Waals surface area contributed by atoms with Gasteiger partial charge in [0, 0.05) is 28.7 Å². The molecule has 5 N–H and O–H groups in total. The Morgan fingerprint density at radius 3 is 2.43 bits per heavy atom. The SMILES string of the molecule is CC(=O)N[C@@H](CSc1cc(C)nc2ccccc12)C(=O)NC(CO)(CO)CO. The van der Waals surface area contributed by atoms with Crippen molar-refractivity contribution in [2.75, 3.05) is 25.6 Å². The highest BCUT2D eigenvalue weighted by Crippen LogP contribution is 2.28. The van der Waals surface area contributed by atoms with Crippen LogP contribution in [0.15, 0.2) is 35.2 Å². The number of nitrogens with zero attached hydrogens (tertiary/aromatic N) is 1. The second kappa shape index (κ2) is 9.83. The number of fused-ring (bicyclic) bond motifs is 1. The molecule has 8 nitrogen and oxygen atoms in total. The van der Waals surface area contributed by atoms with Crippen LogP contribution in [0.2, 0.25) is 0 Å². The first-order chi connectivity index (χ1) is 13.3. The smallest absolute Gasteiger partial charge is 0.244 e. The molecule has 1 atom stereocenters. The van der Waals surface area contributed by atoms with Crippen molar-refractivity contribution in [3.05, 3.63) is 36.0 Å². The van der Waals surface area contributed by atoms with E-state index >= 15 is 0 Å². The molecule has 0 aliphatic carbocycles. The summed E-state index contributed by atoms with van der Waals surface area (Å²) in [5.41, 5.74) is 0.116. The molecule has 0 fully saturated rings. The van der Waals surface area contributed by atoms with Crippen LogP contribution in [0.5, 0.6) is 0 Å². The third-order valence-electron chi connectivity index (χ3n) is 4.20. The average molecular weight is 407 g/mol. The maximum absolute atomic E-state index is 12.6. The summed E-state index contributed by atoms with van der Waals surface area (Å²) in [5, 5.41) is 34.2. The molecule has 0 unspecified atom stereocenters. The number of para-hydroxylation sites is 1. The molecule has 2 aromatic rings. The first-order valence-corrected chi connectivity index (χ1v) is 9.73. The Morgan fingerprint density at radius 1 is 1.18 bits per heavy atom. The molecule has 0 saturated carbocycles. The average Bonchev–Trinajstić information content (AvgIpc) is 2.68. The molecule has 0 aliphatic rings. The lowest BCUT2D eigenvalue weighted by Crippen LogP contribution is -2.61. The monoisotopic (exact) mass is 407 g/mol. The van der Waals surface area contributed by atoms with E-state index in [1.54, 1.807) is 0 Å². The summed E-state index contributed by atoms with van der Waals surface area (Å²) in [6, 6.07) is 8.64. The number of aryl methyl sites for hydroxylation is 1. The number of amides is 2. The summed E-state index contributed by atoms with van der Waals surface area (Å²) in [6.07, 6.45) is 0. The van der Waals surface area contributed by atoms with Crippen LogP contribution in [0.25, 0.3) is 10.9 Å². The highest BCUT2D eigenvalue weighted by Gasteiger charge is 2.33. The van der Waals surface area contributed by atoms with Gasteiger partial charge in [-0.1, -0.05) is 18.2 Å². The topological polar surface area (TPSA) is 132 Å². The van der Waals surface area contributed by atoms with Gasteiger partial charge in [0.15, 0.2) is 0 Å². The molecular formula is C19H25N3O5S. The van der Waals surface area contributed by atoms with E-state index in [4.69, 9.17) is 0 Å². The fraction of sp³-hybridized carbons (Fsp3) is 0.421. The molecule has 0 saturated heterocycles. The van der Waals surface area contributed by atoms with Crippen molar-refractivity contribution < 1.29 is 24.9 Å². The van der Waals surface area contributed by atoms with Crippen LogP contribution in [0.3, 0.4) is 0 Å². The van der Waals surface area contributed by atoms with E-state index in [9.17, 15) is 24.9 Å². The summed E-state index contributed by atoms with van der Waals surface area (Å²) >= 11 is 1.39. The van der Waals surface area contributed by atoms with Crippen LogP contribution in [0.4, 0.5) is 0 Å². The number of aliphatic hydroxyl groups is 3. The number of carbonyl (C=O) groups excluding carboxylic acids is 2. The van der Waals surface area contributed by atoms with Gasteiger partial charge in [-0.05, 0) is 19.1 Å². The lowest BCUT2D eigenvalue weighted by Gasteiger charge is -2.30. The lowest BCUT2D eigenvalue weighted by molar-refractivity contribution is -0.130. The first kappa shape index (κ1) is 22.1. The van der Waals surface area contributed by atoms with Crippen LogP contribution in [-0.4, -0.2) is 69.3 Å². The molecule has 0 radical (unpaired) electrons. The van der Waals surface area contributed by atoms with Crippen molar-refractivity contribution in [2.24, 2.45) is 0 Å². The quantitative estimate of drug-likeness (QED) is 0.369. The molecule has 1 heterocycles. The largest absolute Gasteiger partial charge is 0.394 e. The highest BCUT2D eigenvalue weighted by molar-refractivity contribution is 7.99. The number of pyridine rings is 1. The summed E-state index contributed by atoms with van der Waals surface area (Å²) in [7, 11) is 0. The molecular weight excluding hydrogens is 382 g/mol. The van der Waals surface area contributed by atoms with Crippen molar-refractivity contribution in [1.82, 2.24) is 15.6 Å². The molecule has 28 heavy (non-hydrogen) atoms. The van der Waals surface area contributed by atoms with Crippen molar-refractivity contribution in [2.45, 2.75) is 30.3 Å². The molecule has 2 amide bonds. The zero-order valence-electron chi connectivity index (χ0n) is 15.8. The third-order valence-corrected chi connectivity index (χ3v) is 5.35. The number of aliphatic hydroxyl groups excluding tert-OH is 3. The highest BCUT2D eigenvalue weighted by atomic mass is 32.2. The molecule has 2 rings (SSSR count). The predicted octanol–water partition coefficient (Wildman–Crippen LogP) is -0.0281. The first-order valence-electron chi connectivity index (χ1n) is 8.75. The third kappa shape index (κ3) is 5.41. The van der Waals surface area contributed by atoms with E-state index in [0.29, 0.717) is 0 Å². The van der Waals surface area contributed by atoms with E-state index in [0.717, 1.165) is 21.5 Å². The number of thioether (sulfide) groups is 1. The van der Waals surface area contributed by atoms with Gasteiger partial charge in [-0.15, -0.1) is 11.8 Å². The van der Waals surface area contributed by atoms with Gasteiger partial charge in [-0.25, -0.2) is 0 Å². The maximum Gasteiger partial charge on any atom is 0.244 e. The fourth-order valence-corrected chi connectivity index (χ4v) is 3.77. The molecule has 0 spiro atoms. The summed E-state index contributed by atoms with van der Waals surface area (Å²) in [5.74, 6) is -0.772. The molecule has 152 valence electrons. The molecule has 9 heteroatoms. The predicted molar refractivity (Wildman–Crippen MR) is 107 cm³/mol. The van der Waals surface area contributed by atoms with Crippen molar-refractivity contribution >= 4 is 34.5 Å². The van der Waals surface area contributed by atoms with Crippen LogP contribution >= 0.6 is 11.8 Å². The Bertz CT molecular complexity index is 833. The summed E-state index contributed by atoms with van der Waals surface area (Å²) in [4.78, 5) is 29.6.